The molecule has 0 fully saturated rings. The molecule has 0 radical (unpaired) electrons. The molecule has 114 valence electrons. The molecular weight excluding hydrogens is 297 g/mol. The summed E-state index contributed by atoms with van der Waals surface area (Å²) in [5.74, 6) is -0.469. The summed E-state index contributed by atoms with van der Waals surface area (Å²) in [6.45, 7) is 1.63. The van der Waals surface area contributed by atoms with E-state index in [1.54, 1.807) is 19.1 Å². The van der Waals surface area contributed by atoms with E-state index in [0.717, 1.165) is 0 Å². The molecule has 2 rings (SSSR count). The monoisotopic (exact) mass is 313 g/mol. The maximum atomic E-state index is 13.6. The van der Waals surface area contributed by atoms with Gasteiger partial charge < -0.3 is 5.11 Å². The summed E-state index contributed by atoms with van der Waals surface area (Å²) in [5, 5.41) is 12.6. The first-order valence-corrected chi connectivity index (χ1v) is 7.82. The van der Waals surface area contributed by atoms with Gasteiger partial charge in [0.05, 0.1) is 19.3 Å². The van der Waals surface area contributed by atoms with Gasteiger partial charge >= 0.3 is 0 Å². The minimum absolute atomic E-state index is 0.0286. The third-order valence-electron chi connectivity index (χ3n) is 2.95. The molecule has 0 amide bonds. The predicted octanol–water partition coefficient (Wildman–Crippen LogP) is 1.05. The van der Waals surface area contributed by atoms with Crippen LogP contribution in [0.5, 0.6) is 0 Å². The van der Waals surface area contributed by atoms with Gasteiger partial charge in [0.15, 0.2) is 0 Å². The van der Waals surface area contributed by atoms with Crippen molar-refractivity contribution in [2.45, 2.75) is 24.4 Å². The van der Waals surface area contributed by atoms with Crippen LogP contribution < -0.4 is 4.72 Å². The molecule has 0 saturated heterocycles. The molecule has 1 aromatic heterocycles. The largest absolute Gasteiger partial charge is 0.394 e. The third kappa shape index (κ3) is 3.66. The lowest BCUT2D eigenvalue weighted by molar-refractivity contribution is 0.269. The first kappa shape index (κ1) is 15.6. The molecule has 1 atom stereocenters. The minimum atomic E-state index is -3.80. The SMILES string of the molecule is CC(NS(=O)(=O)c1cnn(CCO)c1)c1ccccc1F. The van der Waals surface area contributed by atoms with Crippen molar-refractivity contribution in [3.63, 3.8) is 0 Å². The first-order valence-electron chi connectivity index (χ1n) is 6.34. The molecular formula is C13H16FN3O3S. The molecule has 1 heterocycles. The first-order chi connectivity index (χ1) is 9.94. The number of hydrogen-bond acceptors (Lipinski definition) is 4. The number of aliphatic hydroxyl groups excluding tert-OH is 1. The van der Waals surface area contributed by atoms with E-state index in [1.165, 1.54) is 29.2 Å². The van der Waals surface area contributed by atoms with Crippen molar-refractivity contribution >= 4 is 10.0 Å². The lowest BCUT2D eigenvalue weighted by Gasteiger charge is -2.14. The standard InChI is InChI=1S/C13H16FN3O3S/c1-10(12-4-2-3-5-13(12)14)16-21(19,20)11-8-15-17(9-11)6-7-18/h2-5,8-10,16,18H,6-7H2,1H3. The Morgan fingerprint density at radius 1 is 1.43 bits per heavy atom. The van der Waals surface area contributed by atoms with Crippen molar-refractivity contribution in [1.82, 2.24) is 14.5 Å². The summed E-state index contributed by atoms with van der Waals surface area (Å²) in [6.07, 6.45) is 2.50. The van der Waals surface area contributed by atoms with E-state index in [9.17, 15) is 12.8 Å². The Morgan fingerprint density at radius 3 is 2.81 bits per heavy atom. The Hall–Kier alpha value is -1.77. The maximum absolute atomic E-state index is 13.6. The van der Waals surface area contributed by atoms with Crippen molar-refractivity contribution < 1.29 is 17.9 Å². The molecule has 0 aliphatic rings. The van der Waals surface area contributed by atoms with E-state index in [-0.39, 0.29) is 23.6 Å². The van der Waals surface area contributed by atoms with Crippen LogP contribution in [0.1, 0.15) is 18.5 Å². The summed E-state index contributed by atoms with van der Waals surface area (Å²) in [4.78, 5) is -0.0286. The maximum Gasteiger partial charge on any atom is 0.244 e. The van der Waals surface area contributed by atoms with Crippen LogP contribution in [0, 0.1) is 5.82 Å². The highest BCUT2D eigenvalue weighted by molar-refractivity contribution is 7.89. The Balaban J connectivity index is 2.18. The van der Waals surface area contributed by atoms with Crippen LogP contribution in [-0.2, 0) is 16.6 Å². The zero-order chi connectivity index (χ0) is 15.5. The van der Waals surface area contributed by atoms with Gasteiger partial charge in [0.2, 0.25) is 10.0 Å². The molecule has 0 saturated carbocycles. The fourth-order valence-corrected chi connectivity index (χ4v) is 3.07. The van der Waals surface area contributed by atoms with Crippen LogP contribution in [0.25, 0.3) is 0 Å². The molecule has 0 aliphatic heterocycles. The van der Waals surface area contributed by atoms with E-state index >= 15 is 0 Å². The van der Waals surface area contributed by atoms with Crippen molar-refractivity contribution in [3.8, 4) is 0 Å². The minimum Gasteiger partial charge on any atom is -0.394 e. The van der Waals surface area contributed by atoms with Crippen molar-refractivity contribution in [1.29, 1.82) is 0 Å². The van der Waals surface area contributed by atoms with Gasteiger partial charge in [-0.3, -0.25) is 4.68 Å². The van der Waals surface area contributed by atoms with E-state index < -0.39 is 21.9 Å². The van der Waals surface area contributed by atoms with Gasteiger partial charge in [-0.15, -0.1) is 0 Å². The molecule has 6 nitrogen and oxygen atoms in total. The fraction of sp³-hybridized carbons (Fsp3) is 0.308. The highest BCUT2D eigenvalue weighted by atomic mass is 32.2. The zero-order valence-corrected chi connectivity index (χ0v) is 12.2. The van der Waals surface area contributed by atoms with Crippen molar-refractivity contribution in [2.75, 3.05) is 6.61 Å². The van der Waals surface area contributed by atoms with Gasteiger partial charge in [0, 0.05) is 17.8 Å². The van der Waals surface area contributed by atoms with Crippen LogP contribution >= 0.6 is 0 Å². The second kappa shape index (κ2) is 6.33. The van der Waals surface area contributed by atoms with E-state index in [1.807, 2.05) is 0 Å². The molecule has 0 spiro atoms. The van der Waals surface area contributed by atoms with Crippen LogP contribution in [0.3, 0.4) is 0 Å². The summed E-state index contributed by atoms with van der Waals surface area (Å²) >= 11 is 0. The molecule has 21 heavy (non-hydrogen) atoms. The molecule has 2 N–H and O–H groups in total. The number of halogens is 1. The van der Waals surface area contributed by atoms with Gasteiger partial charge in [-0.25, -0.2) is 17.5 Å². The van der Waals surface area contributed by atoms with Crippen molar-refractivity contribution in [2.24, 2.45) is 0 Å². The predicted molar refractivity (Wildman–Crippen MR) is 74.4 cm³/mol. The van der Waals surface area contributed by atoms with E-state index in [0.29, 0.717) is 0 Å². The number of nitrogens with zero attached hydrogens (tertiary/aromatic N) is 2. The Labute approximate surface area is 122 Å². The number of hydrogen-bond donors (Lipinski definition) is 2. The Bertz CT molecular complexity index is 715. The summed E-state index contributed by atoms with van der Waals surface area (Å²) in [7, 11) is -3.80. The third-order valence-corrected chi connectivity index (χ3v) is 4.45. The fourth-order valence-electron chi connectivity index (χ4n) is 1.90. The lowest BCUT2D eigenvalue weighted by Crippen LogP contribution is -2.27. The van der Waals surface area contributed by atoms with Gasteiger partial charge in [-0.05, 0) is 13.0 Å². The van der Waals surface area contributed by atoms with Crippen LogP contribution in [0.15, 0.2) is 41.6 Å². The highest BCUT2D eigenvalue weighted by Crippen LogP contribution is 2.19. The number of benzene rings is 1. The average molecular weight is 313 g/mol. The topological polar surface area (TPSA) is 84.2 Å². The molecule has 2 aromatic rings. The summed E-state index contributed by atoms with van der Waals surface area (Å²) in [5.41, 5.74) is 0.267. The molecule has 1 aromatic carbocycles. The number of nitrogens with one attached hydrogen (secondary N) is 1. The van der Waals surface area contributed by atoms with Crippen LogP contribution in [0.4, 0.5) is 4.39 Å². The van der Waals surface area contributed by atoms with E-state index in [2.05, 4.69) is 9.82 Å². The second-order valence-corrected chi connectivity index (χ2v) is 6.24. The quantitative estimate of drug-likeness (QED) is 0.835. The molecule has 0 bridgehead atoms. The zero-order valence-electron chi connectivity index (χ0n) is 11.4. The normalized spacial score (nSPS) is 13.3. The second-order valence-electron chi connectivity index (χ2n) is 4.53. The molecule has 0 aliphatic carbocycles. The van der Waals surface area contributed by atoms with Gasteiger partial charge in [-0.2, -0.15) is 5.10 Å². The Kier molecular flexibility index (Phi) is 4.71. The number of aromatic nitrogens is 2. The molecule has 8 heteroatoms. The summed E-state index contributed by atoms with van der Waals surface area (Å²) < 4.78 is 41.8. The van der Waals surface area contributed by atoms with Crippen LogP contribution in [-0.4, -0.2) is 29.9 Å². The average Bonchev–Trinajstić information content (AvgIpc) is 2.88. The van der Waals surface area contributed by atoms with Gasteiger partial charge in [0.25, 0.3) is 0 Å². The molecule has 1 unspecified atom stereocenters. The Morgan fingerprint density at radius 2 is 2.14 bits per heavy atom. The van der Waals surface area contributed by atoms with Crippen molar-refractivity contribution in [3.05, 3.63) is 48.0 Å². The van der Waals surface area contributed by atoms with Crippen LogP contribution in [0.2, 0.25) is 0 Å². The van der Waals surface area contributed by atoms with Gasteiger partial charge in [0.1, 0.15) is 10.7 Å². The summed E-state index contributed by atoms with van der Waals surface area (Å²) in [6, 6.07) is 5.27. The number of aliphatic hydroxyl groups is 1. The lowest BCUT2D eigenvalue weighted by atomic mass is 10.1. The number of sulfonamides is 1. The highest BCUT2D eigenvalue weighted by Gasteiger charge is 2.21. The van der Waals surface area contributed by atoms with Gasteiger partial charge in [-0.1, -0.05) is 18.2 Å². The van der Waals surface area contributed by atoms with E-state index in [4.69, 9.17) is 5.11 Å². The smallest absolute Gasteiger partial charge is 0.244 e. The number of rotatable bonds is 6.